The Bertz CT molecular complexity index is 386. The van der Waals surface area contributed by atoms with Gasteiger partial charge in [-0.05, 0) is 12.8 Å². The lowest BCUT2D eigenvalue weighted by Gasteiger charge is -2.09. The summed E-state index contributed by atoms with van der Waals surface area (Å²) in [4.78, 5) is 9.08. The highest BCUT2D eigenvalue weighted by molar-refractivity contribution is 6.30. The van der Waals surface area contributed by atoms with Crippen LogP contribution in [0.25, 0.3) is 0 Å². The lowest BCUT2D eigenvalue weighted by molar-refractivity contribution is 0.660. The van der Waals surface area contributed by atoms with Crippen LogP contribution in [0.2, 0.25) is 5.15 Å². The first-order valence-electron chi connectivity index (χ1n) is 5.60. The highest BCUT2D eigenvalue weighted by Crippen LogP contribution is 2.33. The molecule has 0 bridgehead atoms. The van der Waals surface area contributed by atoms with Crippen LogP contribution < -0.4 is 5.32 Å². The van der Waals surface area contributed by atoms with Gasteiger partial charge in [0.1, 0.15) is 11.0 Å². The van der Waals surface area contributed by atoms with Crippen LogP contribution >= 0.6 is 11.6 Å². The van der Waals surface area contributed by atoms with Gasteiger partial charge in [-0.2, -0.15) is 0 Å². The first-order chi connectivity index (χ1) is 7.34. The summed E-state index contributed by atoms with van der Waals surface area (Å²) in [6, 6.07) is 0. The van der Waals surface area contributed by atoms with Crippen LogP contribution in [0.15, 0.2) is 0 Å². The maximum absolute atomic E-state index is 6.16. The van der Waals surface area contributed by atoms with E-state index in [1.54, 1.807) is 0 Å². The molecular weight excluding hydrogens is 210 g/mol. The topological polar surface area (TPSA) is 37.8 Å². The van der Waals surface area contributed by atoms with Crippen LogP contribution in [0.1, 0.15) is 48.7 Å². The number of hydrogen-bond acceptors (Lipinski definition) is 3. The zero-order chi connectivity index (χ0) is 10.3. The summed E-state index contributed by atoms with van der Waals surface area (Å²) < 4.78 is 0. The van der Waals surface area contributed by atoms with E-state index < -0.39 is 0 Å². The normalized spacial score (nSPS) is 20.9. The quantitative estimate of drug-likeness (QED) is 0.743. The Morgan fingerprint density at radius 2 is 1.93 bits per heavy atom. The Hall–Kier alpha value is -0.670. The minimum absolute atomic E-state index is 0.549. The number of fused-ring (bicyclic) bond motifs is 1. The molecule has 0 saturated heterocycles. The fourth-order valence-electron chi connectivity index (χ4n) is 2.51. The van der Waals surface area contributed by atoms with Crippen LogP contribution in [0.5, 0.6) is 0 Å². The Morgan fingerprint density at radius 1 is 1.13 bits per heavy atom. The monoisotopic (exact) mass is 223 g/mol. The second-order valence-corrected chi connectivity index (χ2v) is 4.74. The van der Waals surface area contributed by atoms with Crippen LogP contribution in [0.4, 0.5) is 0 Å². The van der Waals surface area contributed by atoms with Crippen molar-refractivity contribution in [2.75, 3.05) is 0 Å². The Morgan fingerprint density at radius 3 is 2.73 bits per heavy atom. The summed E-state index contributed by atoms with van der Waals surface area (Å²) in [7, 11) is 0. The summed E-state index contributed by atoms with van der Waals surface area (Å²) in [5.41, 5.74) is 2.20. The van der Waals surface area contributed by atoms with Gasteiger partial charge in [-0.1, -0.05) is 24.4 Å². The van der Waals surface area contributed by atoms with E-state index in [1.165, 1.54) is 25.7 Å². The van der Waals surface area contributed by atoms with Gasteiger partial charge in [0.05, 0.1) is 5.69 Å². The number of halogens is 1. The van der Waals surface area contributed by atoms with E-state index in [2.05, 4.69) is 15.3 Å². The van der Waals surface area contributed by atoms with Crippen molar-refractivity contribution in [3.63, 3.8) is 0 Å². The molecule has 3 rings (SSSR count). The minimum Gasteiger partial charge on any atom is -0.307 e. The highest BCUT2D eigenvalue weighted by Gasteiger charge is 2.24. The summed E-state index contributed by atoms with van der Waals surface area (Å²) in [5.74, 6) is 1.52. The van der Waals surface area contributed by atoms with Crippen molar-refractivity contribution in [2.45, 2.75) is 44.7 Å². The molecule has 2 aliphatic rings. The molecule has 80 valence electrons. The molecule has 1 fully saturated rings. The van der Waals surface area contributed by atoms with Crippen LogP contribution in [0.3, 0.4) is 0 Å². The molecule has 0 unspecified atom stereocenters. The third-order valence-corrected chi connectivity index (χ3v) is 3.69. The number of hydrogen-bond donors (Lipinski definition) is 1. The first-order valence-corrected chi connectivity index (χ1v) is 5.98. The number of nitrogens with one attached hydrogen (secondary N) is 1. The summed E-state index contributed by atoms with van der Waals surface area (Å²) in [6.07, 6.45) is 5.06. The predicted octanol–water partition coefficient (Wildman–Crippen LogP) is 2.39. The minimum atomic E-state index is 0.549. The van der Waals surface area contributed by atoms with Gasteiger partial charge >= 0.3 is 0 Å². The van der Waals surface area contributed by atoms with E-state index in [9.17, 15) is 0 Å². The average molecular weight is 224 g/mol. The Kier molecular flexibility index (Phi) is 2.37. The lowest BCUT2D eigenvalue weighted by Crippen LogP contribution is -2.05. The van der Waals surface area contributed by atoms with Crippen molar-refractivity contribution in [2.24, 2.45) is 0 Å². The van der Waals surface area contributed by atoms with Gasteiger partial charge in [0.2, 0.25) is 0 Å². The molecule has 1 aromatic rings. The Balaban J connectivity index is 1.99. The number of aromatic nitrogens is 2. The summed E-state index contributed by atoms with van der Waals surface area (Å²) in [6.45, 7) is 1.66. The van der Waals surface area contributed by atoms with Crippen molar-refractivity contribution in [3.8, 4) is 0 Å². The molecule has 0 radical (unpaired) electrons. The molecule has 2 heterocycles. The number of rotatable bonds is 1. The first kappa shape index (κ1) is 9.55. The molecule has 1 aliphatic carbocycles. The van der Waals surface area contributed by atoms with Crippen molar-refractivity contribution >= 4 is 11.6 Å². The van der Waals surface area contributed by atoms with Gasteiger partial charge in [0, 0.05) is 24.6 Å². The van der Waals surface area contributed by atoms with Gasteiger partial charge in [0.15, 0.2) is 0 Å². The molecule has 1 aromatic heterocycles. The average Bonchev–Trinajstić information content (AvgIpc) is 2.88. The van der Waals surface area contributed by atoms with E-state index >= 15 is 0 Å². The molecule has 0 atom stereocenters. The Labute approximate surface area is 94.3 Å². The lowest BCUT2D eigenvalue weighted by atomic mass is 10.1. The van der Waals surface area contributed by atoms with Gasteiger partial charge < -0.3 is 5.32 Å². The second-order valence-electron chi connectivity index (χ2n) is 4.38. The van der Waals surface area contributed by atoms with E-state index in [0.29, 0.717) is 11.1 Å². The van der Waals surface area contributed by atoms with Crippen LogP contribution in [0, 0.1) is 0 Å². The fraction of sp³-hybridized carbons (Fsp3) is 0.636. The van der Waals surface area contributed by atoms with Gasteiger partial charge in [-0.3, -0.25) is 0 Å². The van der Waals surface area contributed by atoms with E-state index in [-0.39, 0.29) is 0 Å². The van der Waals surface area contributed by atoms with Crippen molar-refractivity contribution in [3.05, 3.63) is 22.2 Å². The van der Waals surface area contributed by atoms with Crippen LogP contribution in [-0.4, -0.2) is 9.97 Å². The molecule has 0 amide bonds. The number of nitrogens with zero attached hydrogens (tertiary/aromatic N) is 2. The SMILES string of the molecule is Clc1nc(C2CCCC2)nc2c1CNC2. The zero-order valence-corrected chi connectivity index (χ0v) is 9.35. The zero-order valence-electron chi connectivity index (χ0n) is 8.59. The smallest absolute Gasteiger partial charge is 0.137 e. The standard InChI is InChI=1S/C11H14ClN3/c12-10-8-5-13-6-9(8)14-11(15-10)7-3-1-2-4-7/h7,13H,1-6H2. The fourth-order valence-corrected chi connectivity index (χ4v) is 2.77. The van der Waals surface area contributed by atoms with Crippen molar-refractivity contribution < 1.29 is 0 Å². The molecule has 0 aromatic carbocycles. The maximum Gasteiger partial charge on any atom is 0.137 e. The largest absolute Gasteiger partial charge is 0.307 e. The molecule has 4 heteroatoms. The molecule has 1 saturated carbocycles. The van der Waals surface area contributed by atoms with Crippen LogP contribution in [-0.2, 0) is 13.1 Å². The van der Waals surface area contributed by atoms with E-state index in [1.807, 2.05) is 0 Å². The third-order valence-electron chi connectivity index (χ3n) is 3.37. The molecule has 1 aliphatic heterocycles. The maximum atomic E-state index is 6.16. The molecular formula is C11H14ClN3. The molecule has 15 heavy (non-hydrogen) atoms. The third kappa shape index (κ3) is 1.64. The summed E-state index contributed by atoms with van der Waals surface area (Å²) in [5, 5.41) is 3.92. The predicted molar refractivity (Wildman–Crippen MR) is 58.8 cm³/mol. The second kappa shape index (κ2) is 3.72. The van der Waals surface area contributed by atoms with Crippen molar-refractivity contribution in [1.29, 1.82) is 0 Å². The van der Waals surface area contributed by atoms with Gasteiger partial charge in [-0.25, -0.2) is 9.97 Å². The highest BCUT2D eigenvalue weighted by atomic mass is 35.5. The molecule has 3 nitrogen and oxygen atoms in total. The summed E-state index contributed by atoms with van der Waals surface area (Å²) >= 11 is 6.16. The van der Waals surface area contributed by atoms with Gasteiger partial charge in [0.25, 0.3) is 0 Å². The van der Waals surface area contributed by atoms with Gasteiger partial charge in [-0.15, -0.1) is 0 Å². The van der Waals surface area contributed by atoms with Crippen molar-refractivity contribution in [1.82, 2.24) is 15.3 Å². The van der Waals surface area contributed by atoms with E-state index in [0.717, 1.165) is 30.2 Å². The molecule has 1 N–H and O–H groups in total. The molecule has 0 spiro atoms. The van der Waals surface area contributed by atoms with E-state index in [4.69, 9.17) is 11.6 Å².